The average Bonchev–Trinajstić information content (AvgIpc) is 3.51. The van der Waals surface area contributed by atoms with Crippen molar-refractivity contribution in [3.63, 3.8) is 0 Å². The second-order valence-electron chi connectivity index (χ2n) is 6.83. The predicted octanol–water partition coefficient (Wildman–Crippen LogP) is 4.66. The number of benzene rings is 1. The van der Waals surface area contributed by atoms with E-state index < -0.39 is 4.92 Å². The van der Waals surface area contributed by atoms with Crippen LogP contribution in [0.5, 0.6) is 5.75 Å². The normalized spacial score (nSPS) is 16.1. The minimum atomic E-state index is -0.419. The molecule has 1 saturated heterocycles. The number of nitrogens with zero attached hydrogens (tertiary/aromatic N) is 4. The van der Waals surface area contributed by atoms with Crippen LogP contribution in [0.2, 0.25) is 0 Å². The summed E-state index contributed by atoms with van der Waals surface area (Å²) in [7, 11) is 0. The minimum Gasteiger partial charge on any atom is -0.494 e. The first-order chi connectivity index (χ1) is 14.7. The van der Waals surface area contributed by atoms with Gasteiger partial charge in [0.15, 0.2) is 11.0 Å². The van der Waals surface area contributed by atoms with E-state index in [1.807, 2.05) is 11.4 Å². The van der Waals surface area contributed by atoms with Crippen molar-refractivity contribution in [2.75, 3.05) is 19.0 Å². The number of nitro groups is 1. The number of hydrogen-bond acceptors (Lipinski definition) is 8. The van der Waals surface area contributed by atoms with Crippen molar-refractivity contribution in [2.24, 2.45) is 0 Å². The van der Waals surface area contributed by atoms with Crippen molar-refractivity contribution in [2.45, 2.75) is 37.1 Å². The summed E-state index contributed by atoms with van der Waals surface area (Å²) >= 11 is 3.32. The van der Waals surface area contributed by atoms with E-state index in [4.69, 9.17) is 9.47 Å². The number of non-ortho nitro benzene ring substituents is 1. The molecule has 3 aromatic rings. The molecule has 0 aliphatic carbocycles. The van der Waals surface area contributed by atoms with Gasteiger partial charge in [-0.2, -0.15) is 0 Å². The van der Waals surface area contributed by atoms with Crippen LogP contribution in [0, 0.1) is 10.1 Å². The van der Waals surface area contributed by atoms with Gasteiger partial charge in [0.2, 0.25) is 0 Å². The Morgan fingerprint density at radius 2 is 2.17 bits per heavy atom. The Morgan fingerprint density at radius 3 is 2.87 bits per heavy atom. The van der Waals surface area contributed by atoms with E-state index in [1.54, 1.807) is 35.2 Å². The maximum absolute atomic E-state index is 10.7. The molecule has 30 heavy (non-hydrogen) atoms. The standard InChI is InChI=1S/C20H22N4O4S2/c25-24(26)15-6-8-16(9-7-15)27-11-3-13-30-20-22-21-19(18-5-2-12-29-18)23(20)14-17-4-1-10-28-17/h2,5-9,12,17H,1,3-4,10-11,13-14H2. The lowest BCUT2D eigenvalue weighted by molar-refractivity contribution is -0.384. The maximum atomic E-state index is 10.7. The molecule has 1 aliphatic rings. The van der Waals surface area contributed by atoms with Gasteiger partial charge in [-0.1, -0.05) is 17.8 Å². The molecule has 1 unspecified atom stereocenters. The summed E-state index contributed by atoms with van der Waals surface area (Å²) < 4.78 is 13.7. The molecule has 0 spiro atoms. The molecular formula is C20H22N4O4S2. The van der Waals surface area contributed by atoms with E-state index in [0.717, 1.165) is 54.0 Å². The Kier molecular flexibility index (Phi) is 6.98. The zero-order chi connectivity index (χ0) is 20.8. The highest BCUT2D eigenvalue weighted by atomic mass is 32.2. The minimum absolute atomic E-state index is 0.0602. The van der Waals surface area contributed by atoms with Gasteiger partial charge in [-0.3, -0.25) is 14.7 Å². The second-order valence-corrected chi connectivity index (χ2v) is 8.84. The predicted molar refractivity (Wildman–Crippen MR) is 116 cm³/mol. The maximum Gasteiger partial charge on any atom is 0.269 e. The van der Waals surface area contributed by atoms with E-state index in [0.29, 0.717) is 12.4 Å². The van der Waals surface area contributed by atoms with Gasteiger partial charge in [-0.25, -0.2) is 0 Å². The molecule has 4 rings (SSSR count). The molecule has 0 amide bonds. The van der Waals surface area contributed by atoms with Crippen molar-refractivity contribution in [1.82, 2.24) is 14.8 Å². The first kappa shape index (κ1) is 20.8. The van der Waals surface area contributed by atoms with Gasteiger partial charge in [0, 0.05) is 24.5 Å². The van der Waals surface area contributed by atoms with Gasteiger partial charge in [-0.05, 0) is 42.8 Å². The number of rotatable bonds is 10. The molecule has 1 aliphatic heterocycles. The number of aromatic nitrogens is 3. The fraction of sp³-hybridized carbons (Fsp3) is 0.400. The Bertz CT molecular complexity index is 954. The topological polar surface area (TPSA) is 92.3 Å². The van der Waals surface area contributed by atoms with E-state index in [1.165, 1.54) is 12.1 Å². The summed E-state index contributed by atoms with van der Waals surface area (Å²) in [5, 5.41) is 22.5. The van der Waals surface area contributed by atoms with Gasteiger partial charge in [0.05, 0.1) is 29.1 Å². The summed E-state index contributed by atoms with van der Waals surface area (Å²) in [6.45, 7) is 2.12. The van der Waals surface area contributed by atoms with Crippen LogP contribution in [0.4, 0.5) is 5.69 Å². The molecule has 0 radical (unpaired) electrons. The lowest BCUT2D eigenvalue weighted by Crippen LogP contribution is -2.16. The van der Waals surface area contributed by atoms with E-state index >= 15 is 0 Å². The van der Waals surface area contributed by atoms with Gasteiger partial charge in [0.25, 0.3) is 5.69 Å². The lowest BCUT2D eigenvalue weighted by atomic mass is 10.2. The third kappa shape index (κ3) is 5.18. The Morgan fingerprint density at radius 1 is 1.30 bits per heavy atom. The van der Waals surface area contributed by atoms with Crippen LogP contribution in [-0.2, 0) is 11.3 Å². The summed E-state index contributed by atoms with van der Waals surface area (Å²) in [4.78, 5) is 11.4. The van der Waals surface area contributed by atoms with Crippen LogP contribution in [-0.4, -0.2) is 44.8 Å². The van der Waals surface area contributed by atoms with Crippen molar-refractivity contribution in [3.8, 4) is 16.5 Å². The summed E-state index contributed by atoms with van der Waals surface area (Å²) in [5.41, 5.74) is 0.0602. The molecule has 1 atom stereocenters. The molecule has 0 bridgehead atoms. The van der Waals surface area contributed by atoms with Gasteiger partial charge < -0.3 is 9.47 Å². The van der Waals surface area contributed by atoms with Crippen molar-refractivity contribution in [1.29, 1.82) is 0 Å². The summed E-state index contributed by atoms with van der Waals surface area (Å²) in [6, 6.07) is 10.2. The Hall–Kier alpha value is -2.43. The number of thioether (sulfide) groups is 1. The molecule has 0 N–H and O–H groups in total. The van der Waals surface area contributed by atoms with Crippen molar-refractivity contribution < 1.29 is 14.4 Å². The average molecular weight is 447 g/mol. The van der Waals surface area contributed by atoms with Crippen LogP contribution in [0.15, 0.2) is 46.9 Å². The van der Waals surface area contributed by atoms with Crippen LogP contribution in [0.1, 0.15) is 19.3 Å². The molecular weight excluding hydrogens is 424 g/mol. The van der Waals surface area contributed by atoms with E-state index in [-0.39, 0.29) is 11.8 Å². The molecule has 2 aromatic heterocycles. The molecule has 0 saturated carbocycles. The lowest BCUT2D eigenvalue weighted by Gasteiger charge is -2.14. The summed E-state index contributed by atoms with van der Waals surface area (Å²) in [5.74, 6) is 2.36. The molecule has 158 valence electrons. The fourth-order valence-electron chi connectivity index (χ4n) is 3.22. The number of ether oxygens (including phenoxy) is 2. The van der Waals surface area contributed by atoms with Gasteiger partial charge in [0.1, 0.15) is 5.75 Å². The fourth-order valence-corrected chi connectivity index (χ4v) is 4.79. The largest absolute Gasteiger partial charge is 0.494 e. The number of hydrogen-bond donors (Lipinski definition) is 0. The third-order valence-corrected chi connectivity index (χ3v) is 6.62. The first-order valence-corrected chi connectivity index (χ1v) is 11.7. The van der Waals surface area contributed by atoms with Crippen LogP contribution in [0.25, 0.3) is 10.7 Å². The smallest absolute Gasteiger partial charge is 0.269 e. The molecule has 3 heterocycles. The monoisotopic (exact) mass is 446 g/mol. The van der Waals surface area contributed by atoms with Crippen molar-refractivity contribution in [3.05, 3.63) is 51.9 Å². The van der Waals surface area contributed by atoms with E-state index in [9.17, 15) is 10.1 Å². The van der Waals surface area contributed by atoms with E-state index in [2.05, 4.69) is 20.8 Å². The first-order valence-electron chi connectivity index (χ1n) is 9.79. The van der Waals surface area contributed by atoms with Crippen molar-refractivity contribution >= 4 is 28.8 Å². The molecule has 10 heteroatoms. The highest BCUT2D eigenvalue weighted by Gasteiger charge is 2.22. The summed E-state index contributed by atoms with van der Waals surface area (Å²) in [6.07, 6.45) is 3.20. The van der Waals surface area contributed by atoms with Crippen LogP contribution < -0.4 is 4.74 Å². The second kappa shape index (κ2) is 10.1. The SMILES string of the molecule is O=[N+]([O-])c1ccc(OCCCSc2nnc(-c3cccs3)n2CC2CCCO2)cc1. The van der Waals surface area contributed by atoms with Gasteiger partial charge in [-0.15, -0.1) is 21.5 Å². The molecule has 1 fully saturated rings. The molecule has 8 nitrogen and oxygen atoms in total. The zero-order valence-corrected chi connectivity index (χ0v) is 17.9. The van der Waals surface area contributed by atoms with Gasteiger partial charge >= 0.3 is 0 Å². The highest BCUT2D eigenvalue weighted by Crippen LogP contribution is 2.29. The Balaban J connectivity index is 1.32. The highest BCUT2D eigenvalue weighted by molar-refractivity contribution is 7.99. The van der Waals surface area contributed by atoms with Crippen LogP contribution in [0.3, 0.4) is 0 Å². The number of thiophene rings is 1. The Labute approximate surface area is 182 Å². The third-order valence-electron chi connectivity index (χ3n) is 4.70. The van der Waals surface area contributed by atoms with Crippen LogP contribution >= 0.6 is 23.1 Å². The number of nitro benzene ring substituents is 1. The quantitative estimate of drug-likeness (QED) is 0.194. The molecule has 1 aromatic carbocycles. The zero-order valence-electron chi connectivity index (χ0n) is 16.3.